The number of nitrogens with zero attached hydrogens (tertiary/aromatic N) is 1. The number of hydrogen-bond acceptors (Lipinski definition) is 5. The molecule has 0 saturated carbocycles. The Morgan fingerprint density at radius 3 is 2.39 bits per heavy atom. The van der Waals surface area contributed by atoms with Crippen molar-refractivity contribution in [1.82, 2.24) is 10.6 Å². The average molecular weight is 507 g/mol. The largest absolute Gasteiger partial charge is 0.496 e. The smallest absolute Gasteiger partial charge is 0.191 e. The molecule has 0 aromatic heterocycles. The standard InChI is InChI=1S/C20H33N3O4.HI/c1-5-21-19(23-15-20(2)8-6-11-27-20)22-9-7-10-26-18-13-16(24-3)12-17(14-18)25-4;/h12-14H,5-11,15H2,1-4H3,(H2,21,22,23);1H. The second-order valence-electron chi connectivity index (χ2n) is 6.77. The van der Waals surface area contributed by atoms with Crippen LogP contribution in [0.25, 0.3) is 0 Å². The second kappa shape index (κ2) is 12.9. The van der Waals surface area contributed by atoms with Crippen LogP contribution in [0.15, 0.2) is 23.2 Å². The lowest BCUT2D eigenvalue weighted by Gasteiger charge is -2.21. The maximum absolute atomic E-state index is 5.81. The maximum Gasteiger partial charge on any atom is 0.191 e. The third-order valence-corrected chi connectivity index (χ3v) is 4.42. The SMILES string of the molecule is CCNC(=NCC1(C)CCCO1)NCCCOc1cc(OC)cc(OC)c1.I. The molecule has 28 heavy (non-hydrogen) atoms. The van der Waals surface area contributed by atoms with E-state index in [2.05, 4.69) is 29.5 Å². The van der Waals surface area contributed by atoms with Crippen LogP contribution in [0.5, 0.6) is 17.2 Å². The lowest BCUT2D eigenvalue weighted by molar-refractivity contribution is 0.0283. The Balaban J connectivity index is 0.00000392. The van der Waals surface area contributed by atoms with Crippen molar-refractivity contribution in [3.8, 4) is 17.2 Å². The number of hydrogen-bond donors (Lipinski definition) is 2. The highest BCUT2D eigenvalue weighted by atomic mass is 127. The highest BCUT2D eigenvalue weighted by Gasteiger charge is 2.29. The fourth-order valence-electron chi connectivity index (χ4n) is 2.88. The van der Waals surface area contributed by atoms with Gasteiger partial charge in [0.1, 0.15) is 17.2 Å². The van der Waals surface area contributed by atoms with Crippen molar-refractivity contribution in [3.63, 3.8) is 0 Å². The van der Waals surface area contributed by atoms with E-state index in [9.17, 15) is 0 Å². The lowest BCUT2D eigenvalue weighted by atomic mass is 10.0. The van der Waals surface area contributed by atoms with Crippen LogP contribution in [0.4, 0.5) is 0 Å². The molecule has 0 bridgehead atoms. The van der Waals surface area contributed by atoms with Gasteiger partial charge < -0.3 is 29.6 Å². The van der Waals surface area contributed by atoms with Crippen LogP contribution in [0.1, 0.15) is 33.1 Å². The summed E-state index contributed by atoms with van der Waals surface area (Å²) >= 11 is 0. The molecule has 1 aliphatic rings. The summed E-state index contributed by atoms with van der Waals surface area (Å²) in [6.45, 7) is 7.87. The van der Waals surface area contributed by atoms with E-state index >= 15 is 0 Å². The fourth-order valence-corrected chi connectivity index (χ4v) is 2.88. The highest BCUT2D eigenvalue weighted by molar-refractivity contribution is 14.0. The third kappa shape index (κ3) is 8.30. The molecule has 2 N–H and O–H groups in total. The molecule has 2 rings (SSSR count). The first-order chi connectivity index (χ1) is 13.1. The molecule has 1 aromatic carbocycles. The number of ether oxygens (including phenoxy) is 4. The minimum atomic E-state index is -0.128. The summed E-state index contributed by atoms with van der Waals surface area (Å²) in [6, 6.07) is 5.52. The Hall–Kier alpha value is -1.42. The van der Waals surface area contributed by atoms with Gasteiger partial charge in [-0.1, -0.05) is 0 Å². The van der Waals surface area contributed by atoms with E-state index < -0.39 is 0 Å². The predicted molar refractivity (Wildman–Crippen MR) is 123 cm³/mol. The van der Waals surface area contributed by atoms with Gasteiger partial charge in [0.2, 0.25) is 0 Å². The second-order valence-corrected chi connectivity index (χ2v) is 6.77. The van der Waals surface area contributed by atoms with E-state index in [4.69, 9.17) is 18.9 Å². The minimum absolute atomic E-state index is 0. The van der Waals surface area contributed by atoms with E-state index in [0.717, 1.165) is 50.7 Å². The zero-order valence-electron chi connectivity index (χ0n) is 17.4. The molecule has 8 heteroatoms. The zero-order valence-corrected chi connectivity index (χ0v) is 19.7. The molecule has 1 fully saturated rings. The van der Waals surface area contributed by atoms with Crippen LogP contribution in [0, 0.1) is 0 Å². The number of nitrogens with one attached hydrogen (secondary N) is 2. The average Bonchev–Trinajstić information content (AvgIpc) is 3.12. The number of rotatable bonds is 10. The van der Waals surface area contributed by atoms with Crippen LogP contribution in [0.3, 0.4) is 0 Å². The summed E-state index contributed by atoms with van der Waals surface area (Å²) in [5.74, 6) is 2.98. The van der Waals surface area contributed by atoms with Gasteiger partial charge in [0.05, 0.1) is 33.0 Å². The van der Waals surface area contributed by atoms with Crippen LogP contribution >= 0.6 is 24.0 Å². The molecule has 0 spiro atoms. The maximum atomic E-state index is 5.81. The summed E-state index contributed by atoms with van der Waals surface area (Å²) in [5.41, 5.74) is -0.128. The zero-order chi connectivity index (χ0) is 19.5. The van der Waals surface area contributed by atoms with Gasteiger partial charge in [0, 0.05) is 37.9 Å². The molecule has 0 aliphatic carbocycles. The van der Waals surface area contributed by atoms with E-state index in [1.807, 2.05) is 18.2 Å². The van der Waals surface area contributed by atoms with Crippen molar-refractivity contribution < 1.29 is 18.9 Å². The van der Waals surface area contributed by atoms with Crippen molar-refractivity contribution in [1.29, 1.82) is 0 Å². The summed E-state index contributed by atoms with van der Waals surface area (Å²) in [7, 11) is 3.25. The lowest BCUT2D eigenvalue weighted by Crippen LogP contribution is -2.39. The Labute approximate surface area is 185 Å². The van der Waals surface area contributed by atoms with Gasteiger partial charge in [-0.15, -0.1) is 24.0 Å². The predicted octanol–water partition coefficient (Wildman–Crippen LogP) is 3.21. The van der Waals surface area contributed by atoms with Gasteiger partial charge in [-0.25, -0.2) is 0 Å². The molecule has 1 aliphatic heterocycles. The Morgan fingerprint density at radius 2 is 1.82 bits per heavy atom. The van der Waals surface area contributed by atoms with Gasteiger partial charge in [-0.2, -0.15) is 0 Å². The first-order valence-electron chi connectivity index (χ1n) is 9.60. The van der Waals surface area contributed by atoms with Gasteiger partial charge in [-0.05, 0) is 33.1 Å². The molecule has 1 atom stereocenters. The van der Waals surface area contributed by atoms with Crippen LogP contribution in [-0.4, -0.2) is 58.6 Å². The van der Waals surface area contributed by atoms with Crippen molar-refractivity contribution in [2.24, 2.45) is 4.99 Å². The van der Waals surface area contributed by atoms with Gasteiger partial charge in [-0.3, -0.25) is 4.99 Å². The highest BCUT2D eigenvalue weighted by Crippen LogP contribution is 2.27. The van der Waals surface area contributed by atoms with Crippen molar-refractivity contribution in [2.45, 2.75) is 38.7 Å². The molecule has 1 heterocycles. The van der Waals surface area contributed by atoms with E-state index in [0.29, 0.717) is 24.7 Å². The third-order valence-electron chi connectivity index (χ3n) is 4.42. The number of methoxy groups -OCH3 is 2. The van der Waals surface area contributed by atoms with Gasteiger partial charge in [0.15, 0.2) is 5.96 Å². The van der Waals surface area contributed by atoms with E-state index in [1.165, 1.54) is 0 Å². The first kappa shape index (κ1) is 24.6. The molecule has 0 radical (unpaired) electrons. The monoisotopic (exact) mass is 507 g/mol. The van der Waals surface area contributed by atoms with Gasteiger partial charge in [0.25, 0.3) is 0 Å². The molecule has 1 unspecified atom stereocenters. The fraction of sp³-hybridized carbons (Fsp3) is 0.650. The summed E-state index contributed by atoms with van der Waals surface area (Å²) in [5, 5.41) is 6.62. The molecule has 0 amide bonds. The van der Waals surface area contributed by atoms with E-state index in [1.54, 1.807) is 14.2 Å². The minimum Gasteiger partial charge on any atom is -0.496 e. The number of halogens is 1. The van der Waals surface area contributed by atoms with Crippen LogP contribution in [0.2, 0.25) is 0 Å². The Morgan fingerprint density at radius 1 is 1.14 bits per heavy atom. The Bertz CT molecular complexity index is 585. The Kier molecular flexibility index (Phi) is 11.4. The number of aliphatic imine (C=N–C) groups is 1. The quantitative estimate of drug-likeness (QED) is 0.219. The van der Waals surface area contributed by atoms with Gasteiger partial charge >= 0.3 is 0 Å². The molecular formula is C20H34IN3O4. The van der Waals surface area contributed by atoms with Crippen LogP contribution < -0.4 is 24.8 Å². The van der Waals surface area contributed by atoms with E-state index in [-0.39, 0.29) is 29.6 Å². The summed E-state index contributed by atoms with van der Waals surface area (Å²) in [4.78, 5) is 4.66. The first-order valence-corrected chi connectivity index (χ1v) is 9.60. The van der Waals surface area contributed by atoms with Crippen molar-refractivity contribution in [3.05, 3.63) is 18.2 Å². The number of guanidine groups is 1. The normalized spacial score (nSPS) is 18.9. The molecule has 160 valence electrons. The van der Waals surface area contributed by atoms with Crippen molar-refractivity contribution >= 4 is 29.9 Å². The van der Waals surface area contributed by atoms with Crippen molar-refractivity contribution in [2.75, 3.05) is 47.1 Å². The summed E-state index contributed by atoms with van der Waals surface area (Å²) < 4.78 is 22.1. The summed E-state index contributed by atoms with van der Waals surface area (Å²) in [6.07, 6.45) is 3.02. The van der Waals surface area contributed by atoms with Crippen LogP contribution in [-0.2, 0) is 4.74 Å². The molecule has 7 nitrogen and oxygen atoms in total. The molecule has 1 aromatic rings. The molecule has 1 saturated heterocycles. The number of benzene rings is 1. The molecular weight excluding hydrogens is 473 g/mol. The topological polar surface area (TPSA) is 73.3 Å².